The Morgan fingerprint density at radius 3 is 0.932 bits per heavy atom. The first kappa shape index (κ1) is 48.3. The van der Waals surface area contributed by atoms with Crippen LogP contribution in [0.3, 0.4) is 0 Å². The molecule has 1 aromatic heterocycles. The molecule has 9 aromatic rings. The van der Waals surface area contributed by atoms with Crippen molar-refractivity contribution < 1.29 is 0 Å². The molecule has 0 N–H and O–H groups in total. The molecule has 1 heterocycles. The van der Waals surface area contributed by atoms with Crippen LogP contribution in [-0.4, -0.2) is 4.98 Å². The van der Waals surface area contributed by atoms with Crippen molar-refractivity contribution >= 4 is 58.4 Å². The van der Waals surface area contributed by atoms with E-state index >= 15 is 0 Å². The zero-order valence-electron chi connectivity index (χ0n) is 45.2. The quantitative estimate of drug-likeness (QED) is 0.136. The van der Waals surface area contributed by atoms with Gasteiger partial charge in [0.05, 0.1) is 5.69 Å². The van der Waals surface area contributed by atoms with Crippen molar-refractivity contribution in [1.82, 2.24) is 4.98 Å². The van der Waals surface area contributed by atoms with Crippen LogP contribution in [0.1, 0.15) is 117 Å². The molecule has 366 valence electrons. The van der Waals surface area contributed by atoms with E-state index in [0.717, 1.165) is 11.3 Å². The molecule has 0 bridgehead atoms. The highest BCUT2D eigenvalue weighted by Crippen LogP contribution is 2.53. The molecule has 0 amide bonds. The van der Waals surface area contributed by atoms with Gasteiger partial charge in [-0.25, -0.2) is 0 Å². The molecule has 3 heteroatoms. The number of benzene rings is 8. The molecule has 0 radical (unpaired) electrons. The summed E-state index contributed by atoms with van der Waals surface area (Å²) < 4.78 is 0. The van der Waals surface area contributed by atoms with Gasteiger partial charge in [-0.15, -0.1) is 0 Å². The lowest BCUT2D eigenvalue weighted by Crippen LogP contribution is -2.17. The number of nitrogens with zero attached hydrogens (tertiary/aromatic N) is 3. The summed E-state index contributed by atoms with van der Waals surface area (Å²) >= 11 is 0. The first-order valence-electron chi connectivity index (χ1n) is 26.2. The minimum absolute atomic E-state index is 0.177. The molecular formula is C71H67N3. The monoisotopic (exact) mass is 962 g/mol. The van der Waals surface area contributed by atoms with Gasteiger partial charge in [-0.2, -0.15) is 0 Å². The van der Waals surface area contributed by atoms with Gasteiger partial charge in [0.15, 0.2) is 0 Å². The Balaban J connectivity index is 0.809. The number of aryl methyl sites for hydroxylation is 8. The van der Waals surface area contributed by atoms with E-state index in [2.05, 4.69) is 275 Å². The van der Waals surface area contributed by atoms with Crippen molar-refractivity contribution in [2.45, 2.75) is 93.9 Å². The zero-order chi connectivity index (χ0) is 51.8. The van der Waals surface area contributed by atoms with Crippen LogP contribution in [0.25, 0.3) is 46.6 Å². The molecule has 0 atom stereocenters. The third kappa shape index (κ3) is 9.00. The Hall–Kier alpha value is -8.01. The maximum atomic E-state index is 4.88. The molecule has 0 aliphatic heterocycles. The van der Waals surface area contributed by atoms with Crippen LogP contribution < -0.4 is 9.80 Å². The maximum Gasteiger partial charge on any atom is 0.0630 e. The van der Waals surface area contributed by atoms with Gasteiger partial charge in [0.2, 0.25) is 0 Å². The summed E-state index contributed by atoms with van der Waals surface area (Å²) in [6.45, 7) is 27.0. The Bertz CT molecular complexity index is 3340. The van der Waals surface area contributed by atoms with Crippen molar-refractivity contribution in [1.29, 1.82) is 0 Å². The Morgan fingerprint density at radius 1 is 0.297 bits per heavy atom. The molecule has 0 fully saturated rings. The minimum Gasteiger partial charge on any atom is -0.310 e. The summed E-state index contributed by atoms with van der Waals surface area (Å²) in [4.78, 5) is 9.74. The lowest BCUT2D eigenvalue weighted by molar-refractivity contribution is 0.660. The topological polar surface area (TPSA) is 19.4 Å². The molecule has 3 nitrogen and oxygen atoms in total. The van der Waals surface area contributed by atoms with Gasteiger partial charge < -0.3 is 9.80 Å². The van der Waals surface area contributed by atoms with E-state index in [4.69, 9.17) is 4.98 Å². The molecule has 0 spiro atoms. The van der Waals surface area contributed by atoms with Gasteiger partial charge in [0.1, 0.15) is 0 Å². The molecule has 0 saturated heterocycles. The number of aromatic nitrogens is 1. The van der Waals surface area contributed by atoms with Crippen LogP contribution in [-0.2, 0) is 10.8 Å². The number of hydrogen-bond donors (Lipinski definition) is 0. The van der Waals surface area contributed by atoms with Gasteiger partial charge in [-0.05, 0) is 246 Å². The average molecular weight is 962 g/mol. The molecule has 2 aliphatic carbocycles. The minimum atomic E-state index is -0.181. The molecule has 2 aliphatic rings. The van der Waals surface area contributed by atoms with E-state index < -0.39 is 0 Å². The van der Waals surface area contributed by atoms with Crippen LogP contribution in [0.5, 0.6) is 0 Å². The third-order valence-electron chi connectivity index (χ3n) is 15.5. The first-order valence-corrected chi connectivity index (χ1v) is 26.2. The number of pyridine rings is 1. The number of fused-ring (bicyclic) bond motifs is 6. The van der Waals surface area contributed by atoms with Gasteiger partial charge >= 0.3 is 0 Å². The number of rotatable bonds is 10. The Kier molecular flexibility index (Phi) is 12.1. The fourth-order valence-corrected chi connectivity index (χ4v) is 12.2. The van der Waals surface area contributed by atoms with Gasteiger partial charge in [-0.1, -0.05) is 125 Å². The van der Waals surface area contributed by atoms with Crippen LogP contribution >= 0.6 is 0 Å². The van der Waals surface area contributed by atoms with E-state index in [1.54, 1.807) is 0 Å². The van der Waals surface area contributed by atoms with Crippen LogP contribution in [0, 0.1) is 55.4 Å². The van der Waals surface area contributed by atoms with Gasteiger partial charge in [0.25, 0.3) is 0 Å². The highest BCUT2D eigenvalue weighted by atomic mass is 15.1. The Morgan fingerprint density at radius 2 is 0.595 bits per heavy atom. The van der Waals surface area contributed by atoms with E-state index in [1.165, 1.54) is 134 Å². The lowest BCUT2D eigenvalue weighted by Gasteiger charge is -2.29. The fraction of sp³-hybridized carbons (Fsp3) is 0.197. The van der Waals surface area contributed by atoms with E-state index in [-0.39, 0.29) is 10.8 Å². The normalized spacial score (nSPS) is 13.8. The number of hydrogen-bond acceptors (Lipinski definition) is 3. The average Bonchev–Trinajstić information content (AvgIpc) is 3.70. The molecule has 8 aromatic carbocycles. The molecule has 0 unspecified atom stereocenters. The van der Waals surface area contributed by atoms with Gasteiger partial charge in [-0.3, -0.25) is 4.98 Å². The summed E-state index contributed by atoms with van der Waals surface area (Å²) in [5, 5.41) is 0. The van der Waals surface area contributed by atoms with Crippen molar-refractivity contribution in [3.63, 3.8) is 0 Å². The van der Waals surface area contributed by atoms with Crippen molar-refractivity contribution in [2.24, 2.45) is 0 Å². The van der Waals surface area contributed by atoms with Crippen molar-refractivity contribution in [3.05, 3.63) is 253 Å². The highest BCUT2D eigenvalue weighted by Gasteiger charge is 2.38. The maximum absolute atomic E-state index is 4.88. The fourth-order valence-electron chi connectivity index (χ4n) is 12.2. The van der Waals surface area contributed by atoms with E-state index in [1.807, 2.05) is 6.20 Å². The SMILES string of the molecule is Cc1cc(C)cc(N(c2cc(C)cc(C)c2)c2ccc3c(c2)C(C)(C)c2cc(/C=C/c4ccc(/C=C/c5ccc6c(c5)C(C)(C)c5cc(N(c7cc(C)cc(C)c7)c7cc(C)cc(C)c7)ccc5-6)nc4)ccc2-3)c1. The molecular weight excluding hydrogens is 895 g/mol. The summed E-state index contributed by atoms with van der Waals surface area (Å²) in [5.74, 6) is 0. The molecule has 11 rings (SSSR count). The standard InChI is InChI=1S/C71H67N3/c1-44-27-45(2)32-58(31-44)73(59-33-46(3)28-47(4)34-59)56-21-25-64-62-23-17-52(39-66(62)70(9,10)68(64)41-56)13-14-54-16-20-55(72-43-54)19-15-53-18-24-63-65-26-22-57(42-69(65)71(11,12)67(63)40-53)74(60-35-48(5)29-49(6)36-60)61-37-50(7)30-51(8)38-61/h13-43H,1-12H3/b14-13+,19-15+. The molecule has 74 heavy (non-hydrogen) atoms. The smallest absolute Gasteiger partial charge is 0.0630 e. The van der Waals surface area contributed by atoms with Crippen LogP contribution in [0.2, 0.25) is 0 Å². The lowest BCUT2D eigenvalue weighted by atomic mass is 9.81. The summed E-state index contributed by atoms with van der Waals surface area (Å²) in [5.41, 5.74) is 31.8. The number of anilines is 6. The highest BCUT2D eigenvalue weighted by molar-refractivity contribution is 5.89. The second-order valence-electron chi connectivity index (χ2n) is 22.6. The van der Waals surface area contributed by atoms with E-state index in [9.17, 15) is 0 Å². The zero-order valence-corrected chi connectivity index (χ0v) is 45.2. The van der Waals surface area contributed by atoms with Crippen LogP contribution in [0.4, 0.5) is 34.1 Å². The largest absolute Gasteiger partial charge is 0.310 e. The predicted molar refractivity (Wildman–Crippen MR) is 317 cm³/mol. The van der Waals surface area contributed by atoms with E-state index in [0.29, 0.717) is 0 Å². The first-order chi connectivity index (χ1) is 35.4. The van der Waals surface area contributed by atoms with Crippen LogP contribution in [0.15, 0.2) is 164 Å². The van der Waals surface area contributed by atoms with Gasteiger partial charge in [0, 0.05) is 51.2 Å². The second-order valence-corrected chi connectivity index (χ2v) is 22.6. The second kappa shape index (κ2) is 18.5. The van der Waals surface area contributed by atoms with Crippen molar-refractivity contribution in [2.75, 3.05) is 9.80 Å². The summed E-state index contributed by atoms with van der Waals surface area (Å²) in [7, 11) is 0. The van der Waals surface area contributed by atoms with Crippen molar-refractivity contribution in [3.8, 4) is 22.3 Å². The Labute approximate surface area is 440 Å². The summed E-state index contributed by atoms with van der Waals surface area (Å²) in [6, 6.07) is 59.6. The third-order valence-corrected chi connectivity index (χ3v) is 15.5. The molecule has 0 saturated carbocycles. The predicted octanol–water partition coefficient (Wildman–Crippen LogP) is 19.4. The summed E-state index contributed by atoms with van der Waals surface area (Å²) in [6.07, 6.45) is 10.7.